The molecule has 0 spiro atoms. The van der Waals surface area contributed by atoms with Gasteiger partial charge < -0.3 is 5.32 Å². The Kier molecular flexibility index (Phi) is 7.03. The number of sulfonamides is 1. The molecule has 168 valence electrons. The van der Waals surface area contributed by atoms with E-state index in [1.165, 1.54) is 27.6 Å². The fraction of sp³-hybridized carbons (Fsp3) is 0.591. The first kappa shape index (κ1) is 22.4. The molecule has 1 aliphatic carbocycles. The largest absolute Gasteiger partial charge is 0.300 e. The van der Waals surface area contributed by atoms with Crippen molar-refractivity contribution >= 4 is 32.4 Å². The molecule has 0 radical (unpaired) electrons. The smallest absolute Gasteiger partial charge is 0.243 e. The van der Waals surface area contributed by atoms with Gasteiger partial charge >= 0.3 is 0 Å². The highest BCUT2D eigenvalue weighted by molar-refractivity contribution is 7.89. The minimum Gasteiger partial charge on any atom is -0.300 e. The van der Waals surface area contributed by atoms with Gasteiger partial charge in [0.05, 0.1) is 4.90 Å². The van der Waals surface area contributed by atoms with Crippen LogP contribution in [0.1, 0.15) is 61.6 Å². The lowest BCUT2D eigenvalue weighted by molar-refractivity contribution is -0.120. The second-order valence-electron chi connectivity index (χ2n) is 8.41. The summed E-state index contributed by atoms with van der Waals surface area (Å²) in [5.41, 5.74) is 2.44. The first-order valence-corrected chi connectivity index (χ1v) is 13.5. The minimum atomic E-state index is -3.53. The third kappa shape index (κ3) is 5.15. The molecule has 1 saturated heterocycles. The van der Waals surface area contributed by atoms with Crippen molar-refractivity contribution < 1.29 is 13.2 Å². The molecular formula is C22H30N4O3S2. The first-order valence-electron chi connectivity index (χ1n) is 11.2. The Labute approximate surface area is 188 Å². The third-order valence-corrected chi connectivity index (χ3v) is 9.02. The number of unbranched alkanes of at least 4 members (excludes halogenated alkanes) is 1. The third-order valence-electron chi connectivity index (χ3n) is 6.22. The number of hydrogen-bond acceptors (Lipinski definition) is 6. The van der Waals surface area contributed by atoms with Crippen LogP contribution in [0.25, 0.3) is 0 Å². The van der Waals surface area contributed by atoms with Crippen LogP contribution in [0.5, 0.6) is 0 Å². The second kappa shape index (κ2) is 9.75. The van der Waals surface area contributed by atoms with Crippen LogP contribution < -0.4 is 5.32 Å². The van der Waals surface area contributed by atoms with E-state index in [2.05, 4.69) is 22.4 Å². The maximum Gasteiger partial charge on any atom is 0.243 e. The molecule has 1 amide bonds. The van der Waals surface area contributed by atoms with Crippen molar-refractivity contribution in [2.24, 2.45) is 5.92 Å². The van der Waals surface area contributed by atoms with Crippen LogP contribution in [0, 0.1) is 5.92 Å². The fourth-order valence-corrected chi connectivity index (χ4v) is 6.62. The van der Waals surface area contributed by atoms with Crippen molar-refractivity contribution in [1.82, 2.24) is 14.5 Å². The van der Waals surface area contributed by atoms with Crippen LogP contribution in [0.3, 0.4) is 0 Å². The summed E-state index contributed by atoms with van der Waals surface area (Å²) in [7, 11) is -3.53. The highest BCUT2D eigenvalue weighted by Gasteiger charge is 2.32. The molecule has 1 aromatic carbocycles. The van der Waals surface area contributed by atoms with E-state index in [1.54, 1.807) is 6.07 Å². The number of carbonyl (C=O) groups excluding carboxylic acids is 1. The zero-order valence-electron chi connectivity index (χ0n) is 18.0. The summed E-state index contributed by atoms with van der Waals surface area (Å²) < 4.78 is 27.8. The van der Waals surface area contributed by atoms with Crippen molar-refractivity contribution in [2.45, 2.75) is 69.6 Å². The lowest BCUT2D eigenvalue weighted by Gasteiger charge is -2.30. The Hall–Kier alpha value is -1.84. The van der Waals surface area contributed by atoms with Gasteiger partial charge in [-0.3, -0.25) is 4.79 Å². The van der Waals surface area contributed by atoms with Gasteiger partial charge in [-0.05, 0) is 68.2 Å². The Morgan fingerprint density at radius 1 is 1.16 bits per heavy atom. The quantitative estimate of drug-likeness (QED) is 0.676. The van der Waals surface area contributed by atoms with Gasteiger partial charge in [0, 0.05) is 25.4 Å². The van der Waals surface area contributed by atoms with E-state index in [9.17, 15) is 13.2 Å². The molecule has 0 atom stereocenters. The number of nitrogens with one attached hydrogen (secondary N) is 1. The van der Waals surface area contributed by atoms with Crippen LogP contribution in [0.4, 0.5) is 5.13 Å². The van der Waals surface area contributed by atoms with Crippen LogP contribution in [-0.2, 0) is 34.1 Å². The van der Waals surface area contributed by atoms with Crippen molar-refractivity contribution in [3.8, 4) is 0 Å². The molecule has 1 N–H and O–H groups in total. The number of nitrogens with zero attached hydrogens (tertiary/aromatic N) is 3. The summed E-state index contributed by atoms with van der Waals surface area (Å²) in [5.74, 6) is -0.304. The maximum atomic E-state index is 13.1. The molecule has 4 rings (SSSR count). The maximum absolute atomic E-state index is 13.1. The number of rotatable bonds is 7. The molecule has 2 aromatic rings. The zero-order chi connectivity index (χ0) is 21.8. The topological polar surface area (TPSA) is 92.3 Å². The summed E-state index contributed by atoms with van der Waals surface area (Å²) in [4.78, 5) is 13.0. The number of anilines is 1. The zero-order valence-corrected chi connectivity index (χ0v) is 19.6. The Morgan fingerprint density at radius 2 is 1.90 bits per heavy atom. The average molecular weight is 463 g/mol. The summed E-state index contributed by atoms with van der Waals surface area (Å²) in [6.45, 7) is 2.84. The number of aromatic nitrogens is 2. The van der Waals surface area contributed by atoms with Gasteiger partial charge in [-0.15, -0.1) is 10.2 Å². The minimum absolute atomic E-state index is 0.0935. The molecule has 0 saturated carbocycles. The van der Waals surface area contributed by atoms with Crippen LogP contribution >= 0.6 is 11.3 Å². The fourth-order valence-electron chi connectivity index (χ4n) is 4.32. The standard InChI is InChI=1S/C22H30N4O3S2/c1-2-3-8-20-24-25-22(30-20)23-21(27)17-11-13-26(14-12-17)31(28,29)19-10-9-16-6-4-5-7-18(16)15-19/h9-10,15,17H,2-8,11-14H2,1H3,(H,23,25,27). The number of amides is 1. The number of benzene rings is 1. The molecular weight excluding hydrogens is 432 g/mol. The summed E-state index contributed by atoms with van der Waals surface area (Å²) in [5, 5.41) is 12.5. The average Bonchev–Trinajstić information content (AvgIpc) is 3.24. The van der Waals surface area contributed by atoms with Gasteiger partial charge in [0.2, 0.25) is 21.1 Å². The van der Waals surface area contributed by atoms with Crippen LogP contribution in [0.2, 0.25) is 0 Å². The van der Waals surface area contributed by atoms with Gasteiger partial charge in [0.25, 0.3) is 0 Å². The van der Waals surface area contributed by atoms with Crippen molar-refractivity contribution in [1.29, 1.82) is 0 Å². The number of hydrogen-bond donors (Lipinski definition) is 1. The van der Waals surface area contributed by atoms with Gasteiger partial charge in [0.1, 0.15) is 5.01 Å². The predicted octanol–water partition coefficient (Wildman–Crippen LogP) is 3.80. The van der Waals surface area contributed by atoms with Gasteiger partial charge in [-0.25, -0.2) is 8.42 Å². The summed E-state index contributed by atoms with van der Waals surface area (Å²) >= 11 is 1.42. The molecule has 0 bridgehead atoms. The number of fused-ring (bicyclic) bond motifs is 1. The van der Waals surface area contributed by atoms with Gasteiger partial charge in [-0.2, -0.15) is 4.31 Å². The molecule has 1 aromatic heterocycles. The molecule has 2 heterocycles. The van der Waals surface area contributed by atoms with E-state index < -0.39 is 10.0 Å². The number of aryl methyl sites for hydroxylation is 3. The summed E-state index contributed by atoms with van der Waals surface area (Å²) in [6, 6.07) is 5.57. The Bertz CT molecular complexity index is 1030. The summed E-state index contributed by atoms with van der Waals surface area (Å²) in [6.07, 6.45) is 8.32. The Balaban J connectivity index is 1.34. The SMILES string of the molecule is CCCCc1nnc(NC(=O)C2CCN(S(=O)(=O)c3ccc4c(c3)CCCC4)CC2)s1. The normalized spacial score (nSPS) is 18.0. The molecule has 1 fully saturated rings. The van der Waals surface area contributed by atoms with E-state index >= 15 is 0 Å². The number of carbonyl (C=O) groups is 1. The van der Waals surface area contributed by atoms with Gasteiger partial charge in [-0.1, -0.05) is 30.7 Å². The van der Waals surface area contributed by atoms with Crippen molar-refractivity contribution in [3.63, 3.8) is 0 Å². The van der Waals surface area contributed by atoms with Crippen LogP contribution in [0.15, 0.2) is 23.1 Å². The van der Waals surface area contributed by atoms with Crippen molar-refractivity contribution in [2.75, 3.05) is 18.4 Å². The highest BCUT2D eigenvalue weighted by atomic mass is 32.2. The van der Waals surface area contributed by atoms with E-state index in [-0.39, 0.29) is 11.8 Å². The van der Waals surface area contributed by atoms with Crippen molar-refractivity contribution in [3.05, 3.63) is 34.3 Å². The molecule has 2 aliphatic rings. The lowest BCUT2D eigenvalue weighted by atomic mass is 9.92. The second-order valence-corrected chi connectivity index (χ2v) is 11.4. The van der Waals surface area contributed by atoms with E-state index in [0.717, 1.165) is 49.1 Å². The predicted molar refractivity (Wildman–Crippen MR) is 122 cm³/mol. The molecule has 31 heavy (non-hydrogen) atoms. The molecule has 7 nitrogen and oxygen atoms in total. The number of piperidine rings is 1. The first-order chi connectivity index (χ1) is 15.0. The lowest BCUT2D eigenvalue weighted by Crippen LogP contribution is -2.41. The van der Waals surface area contributed by atoms with E-state index in [0.29, 0.717) is 36.0 Å². The molecule has 0 unspecified atom stereocenters. The van der Waals surface area contributed by atoms with E-state index in [4.69, 9.17) is 0 Å². The monoisotopic (exact) mass is 462 g/mol. The van der Waals surface area contributed by atoms with E-state index in [1.807, 2.05) is 12.1 Å². The molecule has 9 heteroatoms. The van der Waals surface area contributed by atoms with Gasteiger partial charge in [0.15, 0.2) is 0 Å². The highest BCUT2D eigenvalue weighted by Crippen LogP contribution is 2.29. The Morgan fingerprint density at radius 3 is 2.65 bits per heavy atom. The van der Waals surface area contributed by atoms with Crippen LogP contribution in [-0.4, -0.2) is 41.9 Å². The molecule has 1 aliphatic heterocycles.